The van der Waals surface area contributed by atoms with Crippen LogP contribution in [0.4, 0.5) is 50.9 Å². The van der Waals surface area contributed by atoms with E-state index in [4.69, 9.17) is 62.8 Å². The van der Waals surface area contributed by atoms with Gasteiger partial charge in [-0.05, 0) is 183 Å². The standard InChI is InChI=1S/2C24H14ClF3N2O2S.C17H11ClN2.C11H8O.C7H4ClF3O2S.C6H5ClN2O2/c25-17-10-13-22-21(14-17)29-23(20-7-3-5-15-4-1-2-6-19(15)20)30(22)33(31,32)18-11-8-16(9-12-18)24(26,27)28;25-17-10-13-21-22(14-17)30(33(31,32)18-11-8-16(9-12-18)24(26,27)28)23(29-21)20-7-3-5-15-4-1-2-6-19(15)20;18-12-8-9-15-16(10-12)20-17(19-15)14-7-3-5-11-4-1-2-6-13(11)14;12-8-10-6-3-5-9-4-1-2-7-11(9)10;8-14(12,13)6-3-1-5(2-4-6)7(9,10)11;7-4-1-2-5(8)6(3-4)9(10)11/h2*1-14H;1-10H,(H,19,20);1-8H;1-4H;1-3H,8H2. The second-order valence-electron chi connectivity index (χ2n) is 26.7. The predicted molar refractivity (Wildman–Crippen MR) is 464 cm³/mol. The molecule has 0 atom stereocenters. The smallest absolute Gasteiger partial charge is 0.393 e. The maximum absolute atomic E-state index is 13.7. The van der Waals surface area contributed by atoms with Gasteiger partial charge in [0.15, 0.2) is 17.9 Å². The molecule has 0 saturated carbocycles. The summed E-state index contributed by atoms with van der Waals surface area (Å²) in [6.07, 6.45) is -12.7. The Labute approximate surface area is 718 Å². The zero-order valence-electron chi connectivity index (χ0n) is 62.6. The van der Waals surface area contributed by atoms with Crippen molar-refractivity contribution < 1.29 is 74.5 Å². The van der Waals surface area contributed by atoms with E-state index in [2.05, 4.69) is 50.3 Å². The lowest BCUT2D eigenvalue weighted by molar-refractivity contribution is -0.383. The SMILES string of the molecule is Clc1ccc2nc(-c3cccc4ccccc34)[nH]c2c1.Nc1ccc(Cl)cc1[N+](=O)[O-].O=Cc1cccc2ccccc12.O=S(=O)(Cl)c1ccc(C(F)(F)F)cc1.O=S(=O)(c1ccc(C(F)(F)F)cc1)n1c(-c2cccc3ccccc23)nc2cc(Cl)ccc21.O=S(=O)(c1ccc(C(F)(F)F)cc1)n1c(-c2cccc3ccccc23)nc2ccc(Cl)cc21. The number of hydrogen-bond donors (Lipinski definition) is 2. The summed E-state index contributed by atoms with van der Waals surface area (Å²) in [4.78, 5) is 36.5. The Hall–Kier alpha value is -12.7. The van der Waals surface area contributed by atoms with E-state index < -0.39 is 69.2 Å². The number of H-pyrrole nitrogens is 1. The van der Waals surface area contributed by atoms with Gasteiger partial charge in [-0.1, -0.05) is 216 Å². The lowest BCUT2D eigenvalue weighted by atomic mass is 10.0. The first-order chi connectivity index (χ1) is 58.4. The molecule has 0 spiro atoms. The molecule has 0 fully saturated rings. The van der Waals surface area contributed by atoms with Crippen LogP contribution in [0.25, 0.3) is 110 Å². The average Bonchev–Trinajstić information content (AvgIpc) is 1.60. The Bertz CT molecular complexity index is 7340. The summed E-state index contributed by atoms with van der Waals surface area (Å²) in [6, 6.07) is 82.8. The molecule has 34 heteroatoms. The zero-order valence-corrected chi connectivity index (χ0v) is 68.8. The topological polar surface area (TPSA) is 253 Å². The van der Waals surface area contributed by atoms with Crippen LogP contribution in [0.1, 0.15) is 27.0 Å². The number of carbonyl (C=O) groups excluding carboxylic acids is 1. The van der Waals surface area contributed by atoms with Gasteiger partial charge in [0.2, 0.25) is 0 Å². The predicted octanol–water partition coefficient (Wildman–Crippen LogP) is 25.7. The number of carbonyl (C=O) groups is 1. The molecule has 18 aromatic rings. The second kappa shape index (κ2) is 36.1. The number of anilines is 1. The number of nitro benzene ring substituents is 1. The molecule has 123 heavy (non-hydrogen) atoms. The van der Waals surface area contributed by atoms with Crippen LogP contribution in [0, 0.1) is 10.1 Å². The van der Waals surface area contributed by atoms with Crippen molar-refractivity contribution in [2.24, 2.45) is 0 Å². The van der Waals surface area contributed by atoms with Gasteiger partial charge in [-0.25, -0.2) is 48.2 Å². The van der Waals surface area contributed by atoms with Crippen molar-refractivity contribution in [1.29, 1.82) is 0 Å². The first kappa shape index (κ1) is 88.1. The average molecular weight is 1830 g/mol. The first-order valence-electron chi connectivity index (χ1n) is 35.9. The number of nitrogen functional groups attached to an aromatic ring is 1. The van der Waals surface area contributed by atoms with Crippen LogP contribution in [-0.4, -0.2) is 64.3 Å². The van der Waals surface area contributed by atoms with E-state index in [-0.39, 0.29) is 48.7 Å². The van der Waals surface area contributed by atoms with Gasteiger partial charge in [-0.15, -0.1) is 0 Å². The molecule has 3 aromatic heterocycles. The van der Waals surface area contributed by atoms with E-state index in [1.807, 2.05) is 133 Å². The number of aromatic amines is 1. The number of fused-ring (bicyclic) bond motifs is 7. The summed E-state index contributed by atoms with van der Waals surface area (Å²) >= 11 is 23.8. The number of halogens is 14. The number of alkyl halides is 9. The highest BCUT2D eigenvalue weighted by Gasteiger charge is 2.35. The van der Waals surface area contributed by atoms with Gasteiger partial charge < -0.3 is 10.7 Å². The molecular formula is C89H56Cl5F9N8O9S3. The van der Waals surface area contributed by atoms with E-state index in [0.717, 1.165) is 135 Å². The third-order valence-electron chi connectivity index (χ3n) is 18.7. The molecule has 0 aliphatic carbocycles. The second-order valence-corrected chi connectivity index (χ2v) is 34.5. The van der Waals surface area contributed by atoms with Crippen LogP contribution in [0.2, 0.25) is 20.1 Å². The number of imidazole rings is 3. The number of benzene rings is 15. The largest absolute Gasteiger partial charge is 0.416 e. The fourth-order valence-electron chi connectivity index (χ4n) is 12.9. The van der Waals surface area contributed by atoms with Crippen LogP contribution in [0.5, 0.6) is 0 Å². The molecule has 0 saturated heterocycles. The number of nitrogens with two attached hydrogens (primary N) is 1. The maximum atomic E-state index is 13.7. The van der Waals surface area contributed by atoms with Gasteiger partial charge in [0, 0.05) is 59.1 Å². The van der Waals surface area contributed by atoms with Gasteiger partial charge >= 0.3 is 18.5 Å². The van der Waals surface area contributed by atoms with Crippen molar-refractivity contribution in [3.05, 3.63) is 368 Å². The number of nitrogens with zero attached hydrogens (tertiary/aromatic N) is 6. The molecule has 3 heterocycles. The molecule has 0 aliphatic rings. The summed E-state index contributed by atoms with van der Waals surface area (Å²) < 4.78 is 192. The van der Waals surface area contributed by atoms with Crippen LogP contribution in [0.3, 0.4) is 0 Å². The maximum Gasteiger partial charge on any atom is 0.416 e. The van der Waals surface area contributed by atoms with Crippen LogP contribution in [-0.2, 0) is 47.6 Å². The van der Waals surface area contributed by atoms with Crippen LogP contribution in [0.15, 0.2) is 330 Å². The highest BCUT2D eigenvalue weighted by atomic mass is 35.7. The Morgan fingerprint density at radius 1 is 0.382 bits per heavy atom. The van der Waals surface area contributed by atoms with Crippen molar-refractivity contribution in [3.8, 4) is 34.2 Å². The van der Waals surface area contributed by atoms with Gasteiger partial charge in [0.25, 0.3) is 34.8 Å². The van der Waals surface area contributed by atoms with Crippen molar-refractivity contribution in [1.82, 2.24) is 27.9 Å². The van der Waals surface area contributed by atoms with Crippen molar-refractivity contribution in [3.63, 3.8) is 0 Å². The van der Waals surface area contributed by atoms with Crippen molar-refractivity contribution in [2.45, 2.75) is 33.2 Å². The normalized spacial score (nSPS) is 11.8. The van der Waals surface area contributed by atoms with E-state index in [1.54, 1.807) is 42.5 Å². The molecule has 15 aromatic carbocycles. The first-order valence-corrected chi connectivity index (χ1v) is 42.6. The molecule has 0 amide bonds. The fourth-order valence-corrected chi connectivity index (χ4v) is 17.3. The molecule has 18 rings (SSSR count). The zero-order chi connectivity index (χ0) is 88.1. The molecule has 0 aliphatic heterocycles. The van der Waals surface area contributed by atoms with Gasteiger partial charge in [0.1, 0.15) is 11.5 Å². The Balaban J connectivity index is 0.000000134. The Morgan fingerprint density at radius 2 is 0.748 bits per heavy atom. The Kier molecular flexibility index (Phi) is 25.9. The summed E-state index contributed by atoms with van der Waals surface area (Å²) in [7, 11) is -7.67. The summed E-state index contributed by atoms with van der Waals surface area (Å²) in [5, 5.41) is 19.8. The Morgan fingerprint density at radius 3 is 1.20 bits per heavy atom. The number of aldehydes is 1. The van der Waals surface area contributed by atoms with Crippen LogP contribution < -0.4 is 5.73 Å². The number of hydrogen-bond acceptors (Lipinski definition) is 13. The lowest BCUT2D eigenvalue weighted by Crippen LogP contribution is -2.15. The quantitative estimate of drug-likeness (QED) is 0.0323. The van der Waals surface area contributed by atoms with E-state index in [0.29, 0.717) is 54.4 Å². The summed E-state index contributed by atoms with van der Waals surface area (Å²) in [5.41, 5.74) is 8.59. The monoisotopic (exact) mass is 1820 g/mol. The van der Waals surface area contributed by atoms with Gasteiger partial charge in [0.05, 0.1) is 69.4 Å². The summed E-state index contributed by atoms with van der Waals surface area (Å²) in [5.74, 6) is 1.16. The van der Waals surface area contributed by atoms with E-state index in [1.165, 1.54) is 47.2 Å². The van der Waals surface area contributed by atoms with E-state index >= 15 is 0 Å². The highest BCUT2D eigenvalue weighted by Crippen LogP contribution is 2.41. The fraction of sp³-hybridized carbons (Fsp3) is 0.0337. The number of rotatable bonds is 10. The van der Waals surface area contributed by atoms with E-state index in [9.17, 15) is 79.7 Å². The molecule has 0 unspecified atom stereocenters. The molecule has 17 nitrogen and oxygen atoms in total. The summed E-state index contributed by atoms with van der Waals surface area (Å²) in [6.45, 7) is 0. The third-order valence-corrected chi connectivity index (χ3v) is 24.5. The van der Waals surface area contributed by atoms with Crippen molar-refractivity contribution >= 4 is 180 Å². The van der Waals surface area contributed by atoms with Crippen molar-refractivity contribution in [2.75, 3.05) is 5.73 Å². The molecule has 0 radical (unpaired) electrons. The number of nitrogens with one attached hydrogen (secondary N) is 1. The number of aromatic nitrogens is 6. The molecule has 0 bridgehead atoms. The lowest BCUT2D eigenvalue weighted by Gasteiger charge is -2.13. The third kappa shape index (κ3) is 19.9. The molecular weight excluding hydrogens is 1770 g/mol. The minimum absolute atomic E-state index is 0.124. The number of nitro groups is 1. The minimum Gasteiger partial charge on any atom is -0.393 e. The van der Waals surface area contributed by atoms with Gasteiger partial charge in [-0.2, -0.15) is 39.5 Å². The highest BCUT2D eigenvalue weighted by molar-refractivity contribution is 8.13. The minimum atomic E-state index is -4.58. The molecule has 3 N–H and O–H groups in total. The van der Waals surface area contributed by atoms with Gasteiger partial charge in [-0.3, -0.25) is 14.9 Å². The molecule has 622 valence electrons. The van der Waals surface area contributed by atoms with Crippen LogP contribution >= 0.6 is 57.1 Å².